The van der Waals surface area contributed by atoms with Crippen LogP contribution in [-0.2, 0) is 0 Å². The summed E-state index contributed by atoms with van der Waals surface area (Å²) in [7, 11) is 1.55. The maximum absolute atomic E-state index is 14.2. The lowest BCUT2D eigenvalue weighted by atomic mass is 10.2. The van der Waals surface area contributed by atoms with Gasteiger partial charge in [0.15, 0.2) is 17.7 Å². The fourth-order valence-electron chi connectivity index (χ4n) is 3.22. The Morgan fingerprint density at radius 3 is 2.58 bits per heavy atom. The van der Waals surface area contributed by atoms with Crippen LogP contribution in [0.25, 0.3) is 10.9 Å². The third-order valence-corrected chi connectivity index (χ3v) is 4.91. The Hall–Kier alpha value is -3.36. The minimum atomic E-state index is -0.484. The van der Waals surface area contributed by atoms with E-state index in [0.29, 0.717) is 33.2 Å². The minimum Gasteiger partial charge on any atom is -0.493 e. The zero-order chi connectivity index (χ0) is 22.7. The summed E-state index contributed by atoms with van der Waals surface area (Å²) < 4.78 is 25.8. The van der Waals surface area contributed by atoms with Crippen LogP contribution in [0.3, 0.4) is 0 Å². The summed E-state index contributed by atoms with van der Waals surface area (Å²) in [5.41, 5.74) is 2.65. The Labute approximate surface area is 201 Å². The van der Waals surface area contributed by atoms with Crippen molar-refractivity contribution in [2.24, 2.45) is 0 Å². The molecule has 0 aliphatic carbocycles. The number of nitrogens with zero attached hydrogens (tertiary/aromatic N) is 3. The summed E-state index contributed by atoms with van der Waals surface area (Å²) >= 11 is 5.84. The van der Waals surface area contributed by atoms with Gasteiger partial charge in [-0.25, -0.2) is 14.4 Å². The molecule has 2 N–H and O–H groups in total. The van der Waals surface area contributed by atoms with Gasteiger partial charge in [0.1, 0.15) is 18.0 Å². The van der Waals surface area contributed by atoms with E-state index in [1.54, 1.807) is 37.6 Å². The van der Waals surface area contributed by atoms with Crippen LogP contribution in [0.15, 0.2) is 55.0 Å². The van der Waals surface area contributed by atoms with Crippen molar-refractivity contribution in [3.05, 3.63) is 71.5 Å². The lowest BCUT2D eigenvalue weighted by molar-refractivity contribution is 0.238. The molecule has 0 radical (unpaired) electrons. The van der Waals surface area contributed by atoms with Crippen LogP contribution in [0.2, 0.25) is 5.02 Å². The highest BCUT2D eigenvalue weighted by Crippen LogP contribution is 2.35. The highest BCUT2D eigenvalue weighted by atomic mass is 35.5. The predicted molar refractivity (Wildman–Crippen MR) is 131 cm³/mol. The molecule has 1 atom stereocenters. The number of nitrogens with one attached hydrogen (secondary N) is 2. The number of benzene rings is 2. The molecule has 2 aromatic carbocycles. The number of aromatic nitrogens is 3. The molecule has 2 heterocycles. The number of ether oxygens (including phenoxy) is 2. The maximum Gasteiger partial charge on any atom is 0.167 e. The van der Waals surface area contributed by atoms with E-state index in [1.807, 2.05) is 26.0 Å². The molecule has 0 saturated heterocycles. The van der Waals surface area contributed by atoms with Gasteiger partial charge in [0.25, 0.3) is 0 Å². The Kier molecular flexibility index (Phi) is 7.73. The van der Waals surface area contributed by atoms with Crippen LogP contribution in [0.4, 0.5) is 21.6 Å². The molecule has 2 aromatic heterocycles. The van der Waals surface area contributed by atoms with Crippen molar-refractivity contribution in [2.45, 2.75) is 20.1 Å². The number of rotatable bonds is 7. The lowest BCUT2D eigenvalue weighted by Crippen LogP contribution is -2.22. The van der Waals surface area contributed by atoms with Crippen LogP contribution < -0.4 is 20.1 Å². The first kappa shape index (κ1) is 24.3. The van der Waals surface area contributed by atoms with E-state index < -0.39 is 5.82 Å². The SMILES string of the molecule is COc1cc2c(Nc3ccc(Cl)cc3F)ncnc2cc1OC(C)Nc1ccnc(C)c1.Cl. The fraction of sp³-hybridized carbons (Fsp3) is 0.174. The van der Waals surface area contributed by atoms with Crippen LogP contribution in [0.1, 0.15) is 12.6 Å². The Balaban J connectivity index is 0.00000306. The summed E-state index contributed by atoms with van der Waals surface area (Å²) in [4.78, 5) is 12.8. The van der Waals surface area contributed by atoms with E-state index in [-0.39, 0.29) is 24.3 Å². The Morgan fingerprint density at radius 2 is 1.85 bits per heavy atom. The van der Waals surface area contributed by atoms with E-state index in [2.05, 4.69) is 25.6 Å². The molecular formula is C23H22Cl2FN5O2. The van der Waals surface area contributed by atoms with Crippen LogP contribution in [0.5, 0.6) is 11.5 Å². The van der Waals surface area contributed by atoms with Gasteiger partial charge in [0.2, 0.25) is 0 Å². The standard InChI is InChI=1S/C23H21ClFN5O2.ClH/c1-13-8-16(6-7-26-13)29-14(2)32-22-11-20-17(10-21(22)31-3)23(28-12-27-20)30-19-5-4-15(24)9-18(19)25;/h4-12,14H,1-3H3,(H,26,29)(H,27,28,30);1H. The predicted octanol–water partition coefficient (Wildman–Crippen LogP) is 6.14. The van der Waals surface area contributed by atoms with E-state index in [4.69, 9.17) is 21.1 Å². The van der Waals surface area contributed by atoms with Crippen LogP contribution >= 0.6 is 24.0 Å². The summed E-state index contributed by atoms with van der Waals surface area (Å²) in [5, 5.41) is 7.23. The van der Waals surface area contributed by atoms with Gasteiger partial charge in [-0.2, -0.15) is 0 Å². The van der Waals surface area contributed by atoms with E-state index in [9.17, 15) is 4.39 Å². The zero-order valence-corrected chi connectivity index (χ0v) is 19.7. The van der Waals surface area contributed by atoms with Gasteiger partial charge in [-0.3, -0.25) is 4.98 Å². The topological polar surface area (TPSA) is 81.2 Å². The van der Waals surface area contributed by atoms with Crippen molar-refractivity contribution >= 4 is 52.1 Å². The second-order valence-electron chi connectivity index (χ2n) is 7.08. The van der Waals surface area contributed by atoms with Crippen molar-refractivity contribution in [3.63, 3.8) is 0 Å². The molecular weight excluding hydrogens is 468 g/mol. The molecule has 0 amide bonds. The molecule has 4 aromatic rings. The summed E-state index contributed by atoms with van der Waals surface area (Å²) in [6, 6.07) is 11.7. The van der Waals surface area contributed by atoms with Crippen molar-refractivity contribution in [2.75, 3.05) is 17.7 Å². The van der Waals surface area contributed by atoms with Gasteiger partial charge in [0.05, 0.1) is 18.3 Å². The molecule has 172 valence electrons. The summed E-state index contributed by atoms with van der Waals surface area (Å²) in [5.74, 6) is 0.946. The molecule has 1 unspecified atom stereocenters. The second-order valence-corrected chi connectivity index (χ2v) is 7.52. The second kappa shape index (κ2) is 10.5. The third kappa shape index (κ3) is 5.71. The number of methoxy groups -OCH3 is 1. The van der Waals surface area contributed by atoms with Gasteiger partial charge in [-0.1, -0.05) is 11.6 Å². The van der Waals surface area contributed by atoms with Crippen molar-refractivity contribution < 1.29 is 13.9 Å². The molecule has 0 aliphatic heterocycles. The highest BCUT2D eigenvalue weighted by molar-refractivity contribution is 6.30. The third-order valence-electron chi connectivity index (χ3n) is 4.68. The Bertz CT molecular complexity index is 1280. The number of hydrogen-bond donors (Lipinski definition) is 2. The first-order valence-corrected chi connectivity index (χ1v) is 10.2. The monoisotopic (exact) mass is 489 g/mol. The van der Waals surface area contributed by atoms with Gasteiger partial charge in [-0.05, 0) is 50.2 Å². The number of hydrogen-bond acceptors (Lipinski definition) is 7. The normalized spacial score (nSPS) is 11.4. The number of anilines is 3. The maximum atomic E-state index is 14.2. The molecule has 0 fully saturated rings. The fourth-order valence-corrected chi connectivity index (χ4v) is 3.38. The van der Waals surface area contributed by atoms with Gasteiger partial charge in [-0.15, -0.1) is 12.4 Å². The molecule has 0 spiro atoms. The summed E-state index contributed by atoms with van der Waals surface area (Å²) in [6.07, 6.45) is 2.78. The number of halogens is 3. The largest absolute Gasteiger partial charge is 0.493 e. The smallest absolute Gasteiger partial charge is 0.167 e. The first-order valence-electron chi connectivity index (χ1n) is 9.83. The van der Waals surface area contributed by atoms with Gasteiger partial charge < -0.3 is 20.1 Å². The quantitative estimate of drug-likeness (QED) is 0.302. The van der Waals surface area contributed by atoms with Crippen molar-refractivity contribution in [3.8, 4) is 11.5 Å². The Morgan fingerprint density at radius 1 is 1.03 bits per heavy atom. The molecule has 7 nitrogen and oxygen atoms in total. The van der Waals surface area contributed by atoms with Gasteiger partial charge in [0, 0.05) is 34.1 Å². The number of aryl methyl sites for hydroxylation is 1. The van der Waals surface area contributed by atoms with E-state index in [1.165, 1.54) is 12.4 Å². The molecule has 4 rings (SSSR count). The van der Waals surface area contributed by atoms with Crippen molar-refractivity contribution in [1.29, 1.82) is 0 Å². The number of pyridine rings is 1. The average Bonchev–Trinajstić information content (AvgIpc) is 2.75. The minimum absolute atomic E-state index is 0. The lowest BCUT2D eigenvalue weighted by Gasteiger charge is -2.20. The molecule has 0 bridgehead atoms. The van der Waals surface area contributed by atoms with Gasteiger partial charge >= 0.3 is 0 Å². The molecule has 33 heavy (non-hydrogen) atoms. The van der Waals surface area contributed by atoms with Crippen LogP contribution in [-0.4, -0.2) is 28.3 Å². The molecule has 10 heteroatoms. The van der Waals surface area contributed by atoms with E-state index in [0.717, 1.165) is 11.4 Å². The average molecular weight is 490 g/mol. The van der Waals surface area contributed by atoms with E-state index >= 15 is 0 Å². The van der Waals surface area contributed by atoms with Crippen LogP contribution in [0, 0.1) is 12.7 Å². The molecule has 0 saturated carbocycles. The summed E-state index contributed by atoms with van der Waals surface area (Å²) in [6.45, 7) is 3.81. The molecule has 0 aliphatic rings. The zero-order valence-electron chi connectivity index (χ0n) is 18.1. The number of fused-ring (bicyclic) bond motifs is 1. The van der Waals surface area contributed by atoms with Crippen molar-refractivity contribution in [1.82, 2.24) is 15.0 Å². The highest BCUT2D eigenvalue weighted by Gasteiger charge is 2.15. The first-order chi connectivity index (χ1) is 15.4.